The Balaban J connectivity index is 1.99. The molecule has 1 aromatic heterocycles. The number of ether oxygens (including phenoxy) is 1. The third-order valence-corrected chi connectivity index (χ3v) is 3.60. The fraction of sp³-hybridized carbons (Fsp3) is 0.357. The minimum atomic E-state index is 0.0422. The molecule has 0 radical (unpaired) electrons. The highest BCUT2D eigenvalue weighted by Crippen LogP contribution is 2.21. The molecule has 3 nitrogen and oxygen atoms in total. The first-order valence-electron chi connectivity index (χ1n) is 5.96. The molecule has 2 rings (SSSR count). The molecule has 0 saturated carbocycles. The van der Waals surface area contributed by atoms with Crippen LogP contribution in [0.5, 0.6) is 5.75 Å². The van der Waals surface area contributed by atoms with Gasteiger partial charge in [-0.1, -0.05) is 26.0 Å². The van der Waals surface area contributed by atoms with E-state index in [1.165, 1.54) is 16.9 Å². The van der Waals surface area contributed by atoms with E-state index in [4.69, 9.17) is 9.84 Å². The number of benzene rings is 1. The second-order valence-corrected chi connectivity index (χ2v) is 5.59. The SMILES string of the molecule is CC(C)c1cccc(OCc2ncc(CO)s2)c1. The molecule has 18 heavy (non-hydrogen) atoms. The molecule has 0 aliphatic carbocycles. The Bertz CT molecular complexity index is 508. The molecule has 0 spiro atoms. The van der Waals surface area contributed by atoms with Crippen molar-refractivity contribution in [1.29, 1.82) is 0 Å². The minimum Gasteiger partial charge on any atom is -0.486 e. The maximum Gasteiger partial charge on any atom is 0.140 e. The maximum atomic E-state index is 8.96. The molecule has 0 aliphatic rings. The van der Waals surface area contributed by atoms with Crippen LogP contribution in [0.4, 0.5) is 0 Å². The smallest absolute Gasteiger partial charge is 0.140 e. The van der Waals surface area contributed by atoms with Gasteiger partial charge in [-0.05, 0) is 23.6 Å². The third kappa shape index (κ3) is 3.31. The van der Waals surface area contributed by atoms with Crippen LogP contribution >= 0.6 is 11.3 Å². The van der Waals surface area contributed by atoms with E-state index in [-0.39, 0.29) is 6.61 Å². The molecule has 0 aliphatic heterocycles. The molecular formula is C14H17NO2S. The van der Waals surface area contributed by atoms with Gasteiger partial charge in [-0.3, -0.25) is 0 Å². The van der Waals surface area contributed by atoms with E-state index in [1.54, 1.807) is 6.20 Å². The van der Waals surface area contributed by atoms with Crippen molar-refractivity contribution in [1.82, 2.24) is 4.98 Å². The number of aliphatic hydroxyl groups is 1. The molecule has 0 saturated heterocycles. The summed E-state index contributed by atoms with van der Waals surface area (Å²) in [6.07, 6.45) is 1.69. The normalized spacial score (nSPS) is 10.9. The highest BCUT2D eigenvalue weighted by molar-refractivity contribution is 7.11. The zero-order valence-corrected chi connectivity index (χ0v) is 11.4. The molecular weight excluding hydrogens is 246 g/mol. The van der Waals surface area contributed by atoms with E-state index in [2.05, 4.69) is 31.0 Å². The average Bonchev–Trinajstić information content (AvgIpc) is 2.84. The topological polar surface area (TPSA) is 42.4 Å². The largest absolute Gasteiger partial charge is 0.486 e. The quantitative estimate of drug-likeness (QED) is 0.899. The number of thiazole rings is 1. The van der Waals surface area contributed by atoms with Gasteiger partial charge in [-0.2, -0.15) is 0 Å². The Kier molecular flexibility index (Phi) is 4.33. The van der Waals surface area contributed by atoms with Gasteiger partial charge in [-0.25, -0.2) is 4.98 Å². The van der Waals surface area contributed by atoms with Crippen LogP contribution in [0.1, 0.15) is 35.2 Å². The Labute approximate surface area is 111 Å². The monoisotopic (exact) mass is 263 g/mol. The van der Waals surface area contributed by atoms with E-state index >= 15 is 0 Å². The van der Waals surface area contributed by atoms with E-state index in [0.29, 0.717) is 12.5 Å². The van der Waals surface area contributed by atoms with Crippen molar-refractivity contribution in [3.63, 3.8) is 0 Å². The van der Waals surface area contributed by atoms with Crippen LogP contribution < -0.4 is 4.74 Å². The lowest BCUT2D eigenvalue weighted by Gasteiger charge is -2.08. The van der Waals surface area contributed by atoms with Gasteiger partial charge in [0.25, 0.3) is 0 Å². The van der Waals surface area contributed by atoms with Gasteiger partial charge in [0.05, 0.1) is 11.5 Å². The van der Waals surface area contributed by atoms with Gasteiger partial charge in [-0.15, -0.1) is 11.3 Å². The van der Waals surface area contributed by atoms with E-state index in [1.807, 2.05) is 12.1 Å². The standard InChI is InChI=1S/C14H17NO2S/c1-10(2)11-4-3-5-12(6-11)17-9-14-15-7-13(8-16)18-14/h3-7,10,16H,8-9H2,1-2H3. The minimum absolute atomic E-state index is 0.0422. The molecule has 0 unspecified atom stereocenters. The first-order valence-corrected chi connectivity index (χ1v) is 6.78. The molecule has 1 N–H and O–H groups in total. The maximum absolute atomic E-state index is 8.96. The molecule has 4 heteroatoms. The van der Waals surface area contributed by atoms with Crippen LogP contribution in [0.25, 0.3) is 0 Å². The zero-order chi connectivity index (χ0) is 13.0. The molecule has 1 aromatic carbocycles. The Morgan fingerprint density at radius 3 is 2.89 bits per heavy atom. The van der Waals surface area contributed by atoms with Crippen LogP contribution in [0.2, 0.25) is 0 Å². The van der Waals surface area contributed by atoms with Crippen molar-refractivity contribution in [3.8, 4) is 5.75 Å². The average molecular weight is 263 g/mol. The van der Waals surface area contributed by atoms with Crippen LogP contribution in [-0.2, 0) is 13.2 Å². The second kappa shape index (κ2) is 5.98. The first-order chi connectivity index (χ1) is 8.69. The van der Waals surface area contributed by atoms with Crippen molar-refractivity contribution in [2.45, 2.75) is 33.0 Å². The van der Waals surface area contributed by atoms with Crippen molar-refractivity contribution >= 4 is 11.3 Å². The van der Waals surface area contributed by atoms with Crippen LogP contribution in [0, 0.1) is 0 Å². The van der Waals surface area contributed by atoms with Crippen molar-refractivity contribution in [3.05, 3.63) is 45.9 Å². The predicted octanol–water partition coefficient (Wildman–Crippen LogP) is 3.34. The van der Waals surface area contributed by atoms with Gasteiger partial charge >= 0.3 is 0 Å². The lowest BCUT2D eigenvalue weighted by Crippen LogP contribution is -1.95. The van der Waals surface area contributed by atoms with E-state index in [9.17, 15) is 0 Å². The fourth-order valence-electron chi connectivity index (χ4n) is 1.60. The Morgan fingerprint density at radius 1 is 1.39 bits per heavy atom. The summed E-state index contributed by atoms with van der Waals surface area (Å²) in [5.41, 5.74) is 1.27. The number of hydrogen-bond acceptors (Lipinski definition) is 4. The Hall–Kier alpha value is -1.39. The first kappa shape index (κ1) is 13.1. The lowest BCUT2D eigenvalue weighted by atomic mass is 10.0. The van der Waals surface area contributed by atoms with Crippen LogP contribution in [-0.4, -0.2) is 10.1 Å². The summed E-state index contributed by atoms with van der Waals surface area (Å²) >= 11 is 1.48. The summed E-state index contributed by atoms with van der Waals surface area (Å²) in [6.45, 7) is 4.81. The van der Waals surface area contributed by atoms with Gasteiger partial charge in [0.15, 0.2) is 0 Å². The molecule has 0 amide bonds. The van der Waals surface area contributed by atoms with Gasteiger partial charge < -0.3 is 9.84 Å². The summed E-state index contributed by atoms with van der Waals surface area (Å²) in [6, 6.07) is 8.12. The summed E-state index contributed by atoms with van der Waals surface area (Å²) in [5.74, 6) is 1.36. The molecule has 0 atom stereocenters. The van der Waals surface area contributed by atoms with E-state index in [0.717, 1.165) is 15.6 Å². The molecule has 2 aromatic rings. The number of aromatic nitrogens is 1. The summed E-state index contributed by atoms with van der Waals surface area (Å²) < 4.78 is 5.71. The van der Waals surface area contributed by atoms with Gasteiger partial charge in [0.2, 0.25) is 0 Å². The zero-order valence-electron chi connectivity index (χ0n) is 10.6. The highest BCUT2D eigenvalue weighted by Gasteiger charge is 2.04. The predicted molar refractivity (Wildman–Crippen MR) is 72.9 cm³/mol. The van der Waals surface area contributed by atoms with Crippen LogP contribution in [0.3, 0.4) is 0 Å². The molecule has 96 valence electrons. The fourth-order valence-corrected chi connectivity index (χ4v) is 2.29. The van der Waals surface area contributed by atoms with E-state index < -0.39 is 0 Å². The number of rotatable bonds is 5. The van der Waals surface area contributed by atoms with Crippen molar-refractivity contribution in [2.24, 2.45) is 0 Å². The summed E-state index contributed by atoms with van der Waals surface area (Å²) in [4.78, 5) is 5.06. The third-order valence-electron chi connectivity index (χ3n) is 2.64. The second-order valence-electron chi connectivity index (χ2n) is 4.39. The van der Waals surface area contributed by atoms with Crippen LogP contribution in [0.15, 0.2) is 30.5 Å². The summed E-state index contributed by atoms with van der Waals surface area (Å²) in [7, 11) is 0. The lowest BCUT2D eigenvalue weighted by molar-refractivity contribution is 0.285. The highest BCUT2D eigenvalue weighted by atomic mass is 32.1. The molecule has 0 fully saturated rings. The van der Waals surface area contributed by atoms with Crippen molar-refractivity contribution in [2.75, 3.05) is 0 Å². The number of nitrogens with zero attached hydrogens (tertiary/aromatic N) is 1. The van der Waals surface area contributed by atoms with Gasteiger partial charge in [0, 0.05) is 6.20 Å². The molecule has 1 heterocycles. The molecule has 0 bridgehead atoms. The van der Waals surface area contributed by atoms with Crippen molar-refractivity contribution < 1.29 is 9.84 Å². The summed E-state index contributed by atoms with van der Waals surface area (Å²) in [5, 5.41) is 9.85. The number of hydrogen-bond donors (Lipinski definition) is 1. The Morgan fingerprint density at radius 2 is 2.22 bits per heavy atom. The number of aliphatic hydroxyl groups excluding tert-OH is 1. The van der Waals surface area contributed by atoms with Gasteiger partial charge in [0.1, 0.15) is 17.4 Å².